The number of nitrogens with one attached hydrogen (secondary N) is 2. The second-order valence-corrected chi connectivity index (χ2v) is 5.90. The first-order valence-corrected chi connectivity index (χ1v) is 8.33. The zero-order valence-corrected chi connectivity index (χ0v) is 14.6. The molecule has 0 unspecified atom stereocenters. The maximum atomic E-state index is 12.3. The standard InChI is InChI=1S/C20H20N4O2/c1-14(2)26-17-10-8-16(9-11-17)23-20-21-13-12-18(24-20)19(25)22-15-6-4-3-5-7-15/h3-14H,1-2H3,(H,22,25)(H,21,23,24). The smallest absolute Gasteiger partial charge is 0.274 e. The van der Waals surface area contributed by atoms with E-state index in [1.807, 2.05) is 68.4 Å². The molecule has 3 aromatic rings. The molecule has 0 fully saturated rings. The molecule has 0 saturated heterocycles. The highest BCUT2D eigenvalue weighted by molar-refractivity contribution is 6.02. The second kappa shape index (κ2) is 8.11. The van der Waals surface area contributed by atoms with E-state index in [9.17, 15) is 4.79 Å². The lowest BCUT2D eigenvalue weighted by molar-refractivity contribution is 0.102. The molecule has 6 nitrogen and oxygen atoms in total. The number of rotatable bonds is 6. The fourth-order valence-electron chi connectivity index (χ4n) is 2.28. The molecule has 0 aliphatic rings. The van der Waals surface area contributed by atoms with Crippen molar-refractivity contribution in [3.8, 4) is 5.75 Å². The average molecular weight is 348 g/mol. The van der Waals surface area contributed by atoms with Crippen LogP contribution in [0, 0.1) is 0 Å². The molecule has 0 saturated carbocycles. The summed E-state index contributed by atoms with van der Waals surface area (Å²) in [5.74, 6) is 0.855. The predicted molar refractivity (Wildman–Crippen MR) is 102 cm³/mol. The largest absolute Gasteiger partial charge is 0.491 e. The lowest BCUT2D eigenvalue weighted by atomic mass is 10.3. The number of benzene rings is 2. The van der Waals surface area contributed by atoms with E-state index in [0.29, 0.717) is 11.6 Å². The van der Waals surface area contributed by atoms with Crippen LogP contribution in [0.25, 0.3) is 0 Å². The number of hydrogen-bond acceptors (Lipinski definition) is 5. The van der Waals surface area contributed by atoms with Gasteiger partial charge in [0.05, 0.1) is 6.10 Å². The zero-order valence-electron chi connectivity index (χ0n) is 14.6. The quantitative estimate of drug-likeness (QED) is 0.696. The summed E-state index contributed by atoms with van der Waals surface area (Å²) in [7, 11) is 0. The number of anilines is 3. The predicted octanol–water partition coefficient (Wildman–Crippen LogP) is 4.26. The van der Waals surface area contributed by atoms with E-state index in [1.54, 1.807) is 12.3 Å². The lowest BCUT2D eigenvalue weighted by Gasteiger charge is -2.11. The Morgan fingerprint density at radius 3 is 2.38 bits per heavy atom. The number of para-hydroxylation sites is 1. The highest BCUT2D eigenvalue weighted by atomic mass is 16.5. The van der Waals surface area contributed by atoms with Crippen LogP contribution in [0.5, 0.6) is 5.75 Å². The van der Waals surface area contributed by atoms with Gasteiger partial charge in [0.2, 0.25) is 5.95 Å². The van der Waals surface area contributed by atoms with Gasteiger partial charge in [0, 0.05) is 17.6 Å². The minimum atomic E-state index is -0.290. The van der Waals surface area contributed by atoms with E-state index in [1.165, 1.54) is 0 Å². The fraction of sp³-hybridized carbons (Fsp3) is 0.150. The first-order chi connectivity index (χ1) is 12.6. The molecule has 2 N–H and O–H groups in total. The number of aromatic nitrogens is 2. The average Bonchev–Trinajstić information content (AvgIpc) is 2.64. The van der Waals surface area contributed by atoms with E-state index in [0.717, 1.165) is 11.4 Å². The number of nitrogens with zero attached hydrogens (tertiary/aromatic N) is 2. The molecule has 132 valence electrons. The molecule has 26 heavy (non-hydrogen) atoms. The van der Waals surface area contributed by atoms with Crippen LogP contribution in [0.1, 0.15) is 24.3 Å². The number of amides is 1. The van der Waals surface area contributed by atoms with Crippen molar-refractivity contribution in [2.45, 2.75) is 20.0 Å². The molecule has 2 aromatic carbocycles. The van der Waals surface area contributed by atoms with E-state index >= 15 is 0 Å². The Morgan fingerprint density at radius 1 is 0.962 bits per heavy atom. The van der Waals surface area contributed by atoms with Gasteiger partial charge in [-0.15, -0.1) is 0 Å². The van der Waals surface area contributed by atoms with Gasteiger partial charge in [0.1, 0.15) is 11.4 Å². The summed E-state index contributed by atoms with van der Waals surface area (Å²) < 4.78 is 5.61. The minimum Gasteiger partial charge on any atom is -0.491 e. The van der Waals surface area contributed by atoms with Crippen LogP contribution in [0.4, 0.5) is 17.3 Å². The van der Waals surface area contributed by atoms with Crippen molar-refractivity contribution in [2.75, 3.05) is 10.6 Å². The molecular formula is C20H20N4O2. The van der Waals surface area contributed by atoms with Crippen molar-refractivity contribution in [3.63, 3.8) is 0 Å². The Kier molecular flexibility index (Phi) is 5.43. The molecule has 0 aliphatic heterocycles. The summed E-state index contributed by atoms with van der Waals surface area (Å²) in [6, 6.07) is 18.3. The molecule has 1 heterocycles. The zero-order chi connectivity index (χ0) is 18.4. The molecule has 0 atom stereocenters. The van der Waals surface area contributed by atoms with Gasteiger partial charge in [-0.3, -0.25) is 4.79 Å². The van der Waals surface area contributed by atoms with Crippen molar-refractivity contribution < 1.29 is 9.53 Å². The third kappa shape index (κ3) is 4.80. The molecule has 6 heteroatoms. The summed E-state index contributed by atoms with van der Waals surface area (Å²) in [4.78, 5) is 20.8. The van der Waals surface area contributed by atoms with Crippen LogP contribution < -0.4 is 15.4 Å². The van der Waals surface area contributed by atoms with Gasteiger partial charge in [-0.2, -0.15) is 0 Å². The van der Waals surface area contributed by atoms with Crippen molar-refractivity contribution >= 4 is 23.2 Å². The topological polar surface area (TPSA) is 76.1 Å². The van der Waals surface area contributed by atoms with E-state index in [4.69, 9.17) is 4.74 Å². The van der Waals surface area contributed by atoms with Gasteiger partial charge in [0.25, 0.3) is 5.91 Å². The summed E-state index contributed by atoms with van der Waals surface area (Å²) in [5.41, 5.74) is 1.80. The van der Waals surface area contributed by atoms with Crippen molar-refractivity contribution in [2.24, 2.45) is 0 Å². The van der Waals surface area contributed by atoms with Gasteiger partial charge in [-0.25, -0.2) is 9.97 Å². The second-order valence-electron chi connectivity index (χ2n) is 5.90. The van der Waals surface area contributed by atoms with Gasteiger partial charge in [-0.1, -0.05) is 18.2 Å². The molecule has 0 radical (unpaired) electrons. The minimum absolute atomic E-state index is 0.122. The van der Waals surface area contributed by atoms with Crippen LogP contribution in [0.15, 0.2) is 66.9 Å². The Morgan fingerprint density at radius 2 is 1.69 bits per heavy atom. The van der Waals surface area contributed by atoms with Crippen LogP contribution in [-0.4, -0.2) is 22.0 Å². The molecule has 1 aromatic heterocycles. The maximum Gasteiger partial charge on any atom is 0.274 e. The summed E-state index contributed by atoms with van der Waals surface area (Å²) >= 11 is 0. The molecular weight excluding hydrogens is 328 g/mol. The Hall–Kier alpha value is -3.41. The SMILES string of the molecule is CC(C)Oc1ccc(Nc2nccc(C(=O)Nc3ccccc3)n2)cc1. The molecule has 3 rings (SSSR count). The first kappa shape index (κ1) is 17.4. The van der Waals surface area contributed by atoms with Gasteiger partial charge < -0.3 is 15.4 Å². The summed E-state index contributed by atoms with van der Waals surface area (Å²) in [6.07, 6.45) is 1.67. The van der Waals surface area contributed by atoms with Crippen LogP contribution >= 0.6 is 0 Å². The van der Waals surface area contributed by atoms with Crippen LogP contribution in [-0.2, 0) is 0 Å². The number of hydrogen-bond donors (Lipinski definition) is 2. The monoisotopic (exact) mass is 348 g/mol. The number of carbonyl (C=O) groups excluding carboxylic acids is 1. The molecule has 0 spiro atoms. The van der Waals surface area contributed by atoms with E-state index in [-0.39, 0.29) is 17.7 Å². The van der Waals surface area contributed by atoms with Crippen LogP contribution in [0.3, 0.4) is 0 Å². The lowest BCUT2D eigenvalue weighted by Crippen LogP contribution is -2.14. The first-order valence-electron chi connectivity index (χ1n) is 8.33. The number of ether oxygens (including phenoxy) is 1. The third-order valence-corrected chi connectivity index (χ3v) is 3.40. The van der Waals surface area contributed by atoms with Gasteiger partial charge in [-0.05, 0) is 56.3 Å². The number of carbonyl (C=O) groups is 1. The highest BCUT2D eigenvalue weighted by Gasteiger charge is 2.09. The molecule has 1 amide bonds. The Balaban J connectivity index is 1.68. The van der Waals surface area contributed by atoms with Crippen molar-refractivity contribution in [1.29, 1.82) is 0 Å². The van der Waals surface area contributed by atoms with Gasteiger partial charge in [0.15, 0.2) is 0 Å². The summed E-state index contributed by atoms with van der Waals surface area (Å²) in [6.45, 7) is 3.96. The van der Waals surface area contributed by atoms with E-state index < -0.39 is 0 Å². The van der Waals surface area contributed by atoms with E-state index in [2.05, 4.69) is 20.6 Å². The van der Waals surface area contributed by atoms with Crippen molar-refractivity contribution in [3.05, 3.63) is 72.6 Å². The molecule has 0 bridgehead atoms. The third-order valence-electron chi connectivity index (χ3n) is 3.40. The fourth-order valence-corrected chi connectivity index (χ4v) is 2.28. The Bertz CT molecular complexity index is 864. The highest BCUT2D eigenvalue weighted by Crippen LogP contribution is 2.19. The van der Waals surface area contributed by atoms with Crippen LogP contribution in [0.2, 0.25) is 0 Å². The maximum absolute atomic E-state index is 12.3. The normalized spacial score (nSPS) is 10.4. The Labute approximate surface area is 152 Å². The van der Waals surface area contributed by atoms with Crippen molar-refractivity contribution in [1.82, 2.24) is 9.97 Å². The molecule has 0 aliphatic carbocycles. The summed E-state index contributed by atoms with van der Waals surface area (Å²) in [5, 5.41) is 5.89. The van der Waals surface area contributed by atoms with Gasteiger partial charge >= 0.3 is 0 Å².